The first-order valence-electron chi connectivity index (χ1n) is 3.92. The van der Waals surface area contributed by atoms with Crippen LogP contribution in [0.3, 0.4) is 0 Å². The highest BCUT2D eigenvalue weighted by Gasteiger charge is 2.06. The zero-order chi connectivity index (χ0) is 9.68. The van der Waals surface area contributed by atoms with Crippen LogP contribution in [0.2, 0.25) is 0 Å². The van der Waals surface area contributed by atoms with Gasteiger partial charge in [-0.1, -0.05) is 0 Å². The molecule has 2 aliphatic heterocycles. The number of imide groups is 1. The van der Waals surface area contributed by atoms with E-state index in [2.05, 4.69) is 0 Å². The molecule has 0 bridgehead atoms. The Balaban J connectivity index is 0.000000132. The average molecular weight is 198 g/mol. The molecule has 2 aliphatic rings. The lowest BCUT2D eigenvalue weighted by Gasteiger charge is -1.80. The third kappa shape index (κ3) is 3.89. The molecule has 4 nitrogen and oxygen atoms in total. The van der Waals surface area contributed by atoms with E-state index >= 15 is 0 Å². The smallest absolute Gasteiger partial charge is 0.250 e. The van der Waals surface area contributed by atoms with Crippen molar-refractivity contribution in [2.75, 3.05) is 5.75 Å². The van der Waals surface area contributed by atoms with E-state index in [9.17, 15) is 9.59 Å². The summed E-state index contributed by atoms with van der Waals surface area (Å²) in [5, 5.41) is 9.91. The van der Waals surface area contributed by atoms with E-state index in [1.807, 2.05) is 5.32 Å². The Labute approximate surface area is 80.3 Å². The van der Waals surface area contributed by atoms with Crippen molar-refractivity contribution < 1.29 is 9.59 Å². The highest BCUT2D eigenvalue weighted by atomic mass is 32.2. The van der Waals surface area contributed by atoms with Crippen molar-refractivity contribution in [1.82, 2.24) is 5.32 Å². The molecule has 1 fully saturated rings. The van der Waals surface area contributed by atoms with Crippen LogP contribution in [0.5, 0.6) is 0 Å². The zero-order valence-electron chi connectivity index (χ0n) is 7.00. The number of rotatable bonds is 0. The molecule has 70 valence electrons. The Bertz CT molecular complexity index is 249. The maximum Gasteiger partial charge on any atom is 0.250 e. The normalized spacial score (nSPS) is 19.8. The van der Waals surface area contributed by atoms with Crippen molar-refractivity contribution in [3.05, 3.63) is 12.2 Å². The average Bonchev–Trinajstić information content (AvgIpc) is 2.64. The summed E-state index contributed by atoms with van der Waals surface area (Å²) in [6.07, 6.45) is 4.65. The number of amides is 2. The zero-order valence-corrected chi connectivity index (χ0v) is 7.82. The van der Waals surface area contributed by atoms with E-state index in [4.69, 9.17) is 5.41 Å². The van der Waals surface area contributed by atoms with Gasteiger partial charge in [0, 0.05) is 12.2 Å². The minimum Gasteiger partial charge on any atom is -0.298 e. The first kappa shape index (κ1) is 9.98. The number of carbonyl (C=O) groups excluding carboxylic acids is 2. The van der Waals surface area contributed by atoms with Crippen molar-refractivity contribution in [2.45, 2.75) is 12.8 Å². The summed E-state index contributed by atoms with van der Waals surface area (Å²) < 4.78 is 0. The molecule has 0 radical (unpaired) electrons. The molecule has 0 spiro atoms. The summed E-state index contributed by atoms with van der Waals surface area (Å²) in [4.78, 5) is 20.1. The maximum absolute atomic E-state index is 10.0. The third-order valence-electron chi connectivity index (χ3n) is 1.46. The van der Waals surface area contributed by atoms with Crippen molar-refractivity contribution in [1.29, 1.82) is 5.41 Å². The van der Waals surface area contributed by atoms with Gasteiger partial charge in [-0.25, -0.2) is 0 Å². The standard InChI is InChI=1S/C4H3NO2.C4H7NS/c6-3-1-2-4(7)5-3;5-4-2-1-3-6-4/h1-2H,(H,5,6,7);5H,1-3H2. The maximum atomic E-state index is 10.0. The van der Waals surface area contributed by atoms with Gasteiger partial charge in [0.25, 0.3) is 11.8 Å². The molecule has 0 saturated carbocycles. The van der Waals surface area contributed by atoms with Gasteiger partial charge in [-0.05, 0) is 18.6 Å². The van der Waals surface area contributed by atoms with E-state index in [-0.39, 0.29) is 11.8 Å². The third-order valence-corrected chi connectivity index (χ3v) is 2.50. The fraction of sp³-hybridized carbons (Fsp3) is 0.375. The second kappa shape index (κ2) is 4.81. The van der Waals surface area contributed by atoms with Gasteiger partial charge in [0.15, 0.2) is 0 Å². The van der Waals surface area contributed by atoms with Crippen molar-refractivity contribution in [3.8, 4) is 0 Å². The summed E-state index contributed by atoms with van der Waals surface area (Å²) in [6.45, 7) is 0. The molecule has 2 heterocycles. The highest BCUT2D eigenvalue weighted by molar-refractivity contribution is 8.14. The summed E-state index contributed by atoms with van der Waals surface area (Å²) >= 11 is 1.68. The van der Waals surface area contributed by atoms with Crippen LogP contribution in [0.15, 0.2) is 12.2 Å². The van der Waals surface area contributed by atoms with Gasteiger partial charge in [0.1, 0.15) is 0 Å². The van der Waals surface area contributed by atoms with Crippen LogP contribution >= 0.6 is 11.8 Å². The Kier molecular flexibility index (Phi) is 3.70. The van der Waals surface area contributed by atoms with Crippen LogP contribution in [-0.2, 0) is 9.59 Å². The van der Waals surface area contributed by atoms with Crippen LogP contribution in [-0.4, -0.2) is 22.6 Å². The van der Waals surface area contributed by atoms with E-state index in [0.29, 0.717) is 0 Å². The number of hydrogen-bond donors (Lipinski definition) is 2. The Morgan fingerprint density at radius 2 is 1.92 bits per heavy atom. The molecular formula is C8H10N2O2S. The highest BCUT2D eigenvalue weighted by Crippen LogP contribution is 2.17. The van der Waals surface area contributed by atoms with E-state index in [1.165, 1.54) is 24.3 Å². The minimum absolute atomic E-state index is 0.329. The van der Waals surface area contributed by atoms with Gasteiger partial charge in [0.2, 0.25) is 0 Å². The molecule has 2 amide bonds. The summed E-state index contributed by atoms with van der Waals surface area (Å²) in [5.74, 6) is 0.522. The molecule has 2 rings (SSSR count). The quantitative estimate of drug-likeness (QED) is 0.562. The molecule has 13 heavy (non-hydrogen) atoms. The van der Waals surface area contributed by atoms with E-state index < -0.39 is 0 Å². The predicted molar refractivity (Wildman–Crippen MR) is 51.7 cm³/mol. The van der Waals surface area contributed by atoms with Crippen LogP contribution < -0.4 is 5.32 Å². The van der Waals surface area contributed by atoms with E-state index in [1.54, 1.807) is 11.8 Å². The van der Waals surface area contributed by atoms with Gasteiger partial charge < -0.3 is 0 Å². The Morgan fingerprint density at radius 1 is 1.31 bits per heavy atom. The Hall–Kier alpha value is -1.10. The molecule has 0 aromatic carbocycles. The fourth-order valence-electron chi connectivity index (χ4n) is 0.856. The lowest BCUT2D eigenvalue weighted by atomic mass is 10.4. The molecular weight excluding hydrogens is 188 g/mol. The van der Waals surface area contributed by atoms with Crippen molar-refractivity contribution in [3.63, 3.8) is 0 Å². The largest absolute Gasteiger partial charge is 0.298 e. The monoisotopic (exact) mass is 198 g/mol. The molecule has 1 saturated heterocycles. The molecule has 5 heteroatoms. The molecule has 0 unspecified atom stereocenters. The van der Waals surface area contributed by atoms with Crippen LogP contribution in [0.4, 0.5) is 0 Å². The number of nitrogens with one attached hydrogen (secondary N) is 2. The van der Waals surface area contributed by atoms with E-state index in [0.717, 1.165) is 11.5 Å². The lowest BCUT2D eigenvalue weighted by molar-refractivity contribution is -0.123. The van der Waals surface area contributed by atoms with Crippen LogP contribution in [0, 0.1) is 5.41 Å². The molecule has 0 aromatic rings. The first-order chi connectivity index (χ1) is 6.18. The van der Waals surface area contributed by atoms with Crippen LogP contribution in [0.1, 0.15) is 12.8 Å². The SMILES string of the molecule is N=C1CCCS1.O=C1C=CC(=O)N1. The number of carbonyl (C=O) groups is 2. The lowest BCUT2D eigenvalue weighted by Crippen LogP contribution is -2.19. The van der Waals surface area contributed by atoms with Crippen molar-refractivity contribution in [2.24, 2.45) is 0 Å². The molecule has 0 atom stereocenters. The number of hydrogen-bond acceptors (Lipinski definition) is 4. The second-order valence-electron chi connectivity index (χ2n) is 2.56. The summed E-state index contributed by atoms with van der Waals surface area (Å²) in [7, 11) is 0. The van der Waals surface area contributed by atoms with Gasteiger partial charge in [-0.3, -0.25) is 20.3 Å². The molecule has 0 aliphatic carbocycles. The van der Waals surface area contributed by atoms with Gasteiger partial charge in [-0.15, -0.1) is 11.8 Å². The summed E-state index contributed by atoms with van der Waals surface area (Å²) in [5.41, 5.74) is 0. The predicted octanol–water partition coefficient (Wildman–Crippen LogP) is 0.690. The summed E-state index contributed by atoms with van der Waals surface area (Å²) in [6, 6.07) is 0. The first-order valence-corrected chi connectivity index (χ1v) is 4.90. The van der Waals surface area contributed by atoms with Gasteiger partial charge >= 0.3 is 0 Å². The van der Waals surface area contributed by atoms with Crippen LogP contribution in [0.25, 0.3) is 0 Å². The second-order valence-corrected chi connectivity index (χ2v) is 3.75. The molecule has 0 aromatic heterocycles. The van der Waals surface area contributed by atoms with Crippen molar-refractivity contribution >= 4 is 28.6 Å². The minimum atomic E-state index is -0.329. The Morgan fingerprint density at radius 3 is 2.08 bits per heavy atom. The fourth-order valence-corrected chi connectivity index (χ4v) is 1.68. The number of thioether (sulfide) groups is 1. The molecule has 2 N–H and O–H groups in total. The van der Waals surface area contributed by atoms with Gasteiger partial charge in [-0.2, -0.15) is 0 Å². The van der Waals surface area contributed by atoms with Gasteiger partial charge in [0.05, 0.1) is 5.04 Å². The topological polar surface area (TPSA) is 70.0 Å².